The number of hydrogen-bond donors (Lipinski definition) is 1. The van der Waals surface area contributed by atoms with Crippen LogP contribution in [0.2, 0.25) is 0 Å². The molecular weight excluding hydrogens is 452 g/mol. The van der Waals surface area contributed by atoms with Crippen molar-refractivity contribution in [1.29, 1.82) is 0 Å². The molecule has 1 aliphatic rings. The maximum absolute atomic E-state index is 14.3. The van der Waals surface area contributed by atoms with Gasteiger partial charge in [0.15, 0.2) is 0 Å². The highest BCUT2D eigenvalue weighted by atomic mass is 19.1. The highest BCUT2D eigenvalue weighted by Gasteiger charge is 2.33. The van der Waals surface area contributed by atoms with Gasteiger partial charge in [0.2, 0.25) is 0 Å². The van der Waals surface area contributed by atoms with Crippen LogP contribution in [-0.4, -0.2) is 28.6 Å². The topological polar surface area (TPSA) is 63.6 Å². The van der Waals surface area contributed by atoms with Crippen LogP contribution < -0.4 is 5.32 Å². The zero-order chi connectivity index (χ0) is 24.5. The van der Waals surface area contributed by atoms with Gasteiger partial charge in [0.25, 0.3) is 0 Å². The SMILES string of the molecule is COC(=O)c1cccc(NC(=O)N2Cc3ccccc3-n3cccc3[C@H]2c2cc(F)cc(F)c2)c1. The van der Waals surface area contributed by atoms with Crippen molar-refractivity contribution >= 4 is 17.7 Å². The molecule has 8 heteroatoms. The van der Waals surface area contributed by atoms with Gasteiger partial charge in [-0.15, -0.1) is 0 Å². The van der Waals surface area contributed by atoms with Crippen molar-refractivity contribution in [3.8, 4) is 5.69 Å². The summed E-state index contributed by atoms with van der Waals surface area (Å²) in [5.74, 6) is -1.99. The standard InChI is InChI=1S/C27H21F2N3O3/c1-35-26(33)17-7-4-8-22(14-17)30-27(34)32-16-18-6-2-3-9-23(18)31-11-5-10-24(31)25(32)19-12-20(28)15-21(29)13-19/h2-15,25H,16H2,1H3,(H,30,34)/t25-/m1/s1. The number of para-hydroxylation sites is 1. The Kier molecular flexibility index (Phi) is 5.78. The van der Waals surface area contributed by atoms with Crippen LogP contribution >= 0.6 is 0 Å². The Hall–Kier alpha value is -4.46. The molecule has 35 heavy (non-hydrogen) atoms. The lowest BCUT2D eigenvalue weighted by Crippen LogP contribution is -2.38. The zero-order valence-electron chi connectivity index (χ0n) is 18.7. The molecule has 2 amide bonds. The van der Waals surface area contributed by atoms with E-state index in [2.05, 4.69) is 5.32 Å². The Morgan fingerprint density at radius 2 is 1.71 bits per heavy atom. The summed E-state index contributed by atoms with van der Waals surface area (Å²) in [5, 5.41) is 2.82. The normalized spacial score (nSPS) is 14.5. The fourth-order valence-electron chi connectivity index (χ4n) is 4.46. The largest absolute Gasteiger partial charge is 0.465 e. The summed E-state index contributed by atoms with van der Waals surface area (Å²) >= 11 is 0. The molecule has 6 nitrogen and oxygen atoms in total. The highest BCUT2D eigenvalue weighted by Crippen LogP contribution is 2.37. The van der Waals surface area contributed by atoms with E-state index < -0.39 is 29.7 Å². The molecule has 1 N–H and O–H groups in total. The number of ether oxygens (including phenoxy) is 1. The third kappa shape index (κ3) is 4.26. The molecule has 0 spiro atoms. The van der Waals surface area contributed by atoms with E-state index in [1.807, 2.05) is 47.2 Å². The first-order valence-corrected chi connectivity index (χ1v) is 10.9. The van der Waals surface area contributed by atoms with Gasteiger partial charge in [-0.25, -0.2) is 18.4 Å². The van der Waals surface area contributed by atoms with E-state index in [1.54, 1.807) is 18.2 Å². The third-order valence-corrected chi connectivity index (χ3v) is 5.96. The molecule has 1 aromatic heterocycles. The fraction of sp³-hybridized carbons (Fsp3) is 0.111. The lowest BCUT2D eigenvalue weighted by molar-refractivity contribution is 0.0600. The van der Waals surface area contributed by atoms with Crippen molar-refractivity contribution in [2.45, 2.75) is 12.6 Å². The first-order chi connectivity index (χ1) is 16.9. The van der Waals surface area contributed by atoms with Crippen molar-refractivity contribution in [1.82, 2.24) is 9.47 Å². The average molecular weight is 473 g/mol. The number of esters is 1. The molecule has 176 valence electrons. The van der Waals surface area contributed by atoms with Gasteiger partial charge in [0.05, 0.1) is 30.9 Å². The Morgan fingerprint density at radius 3 is 2.49 bits per heavy atom. The van der Waals surface area contributed by atoms with Gasteiger partial charge in [-0.1, -0.05) is 24.3 Å². The van der Waals surface area contributed by atoms with Crippen LogP contribution in [0.3, 0.4) is 0 Å². The summed E-state index contributed by atoms with van der Waals surface area (Å²) in [4.78, 5) is 27.1. The molecule has 4 aromatic rings. The maximum atomic E-state index is 14.3. The number of carbonyl (C=O) groups excluding carboxylic acids is 2. The number of halogens is 2. The minimum absolute atomic E-state index is 0.184. The fourth-order valence-corrected chi connectivity index (χ4v) is 4.46. The Labute approximate surface area is 200 Å². The van der Waals surface area contributed by atoms with Crippen molar-refractivity contribution in [3.05, 3.63) is 119 Å². The third-order valence-electron chi connectivity index (χ3n) is 5.96. The number of hydrogen-bond acceptors (Lipinski definition) is 3. The van der Waals surface area contributed by atoms with E-state index in [0.29, 0.717) is 16.9 Å². The zero-order valence-corrected chi connectivity index (χ0v) is 18.7. The number of anilines is 1. The number of benzene rings is 3. The van der Waals surface area contributed by atoms with Gasteiger partial charge in [-0.3, -0.25) is 0 Å². The first-order valence-electron chi connectivity index (χ1n) is 10.9. The molecule has 3 aromatic carbocycles. The molecule has 0 aliphatic carbocycles. The predicted octanol–water partition coefficient (Wildman–Crippen LogP) is 5.68. The van der Waals surface area contributed by atoms with E-state index in [1.165, 1.54) is 30.2 Å². The molecule has 5 rings (SSSR count). The Bertz CT molecular complexity index is 1410. The predicted molar refractivity (Wildman–Crippen MR) is 126 cm³/mol. The van der Waals surface area contributed by atoms with Crippen molar-refractivity contribution in [2.75, 3.05) is 12.4 Å². The second-order valence-corrected chi connectivity index (χ2v) is 8.17. The van der Waals surface area contributed by atoms with Crippen LogP contribution in [0.15, 0.2) is 85.1 Å². The molecule has 0 saturated carbocycles. The van der Waals surface area contributed by atoms with Gasteiger partial charge in [-0.05, 0) is 59.7 Å². The van der Waals surface area contributed by atoms with Gasteiger partial charge in [0, 0.05) is 23.6 Å². The van der Waals surface area contributed by atoms with Crippen LogP contribution in [-0.2, 0) is 11.3 Å². The molecule has 1 atom stereocenters. The molecule has 0 fully saturated rings. The van der Waals surface area contributed by atoms with E-state index in [9.17, 15) is 18.4 Å². The van der Waals surface area contributed by atoms with Crippen LogP contribution in [0, 0.1) is 11.6 Å². The average Bonchev–Trinajstić information content (AvgIpc) is 3.27. The van der Waals surface area contributed by atoms with Crippen LogP contribution in [0.5, 0.6) is 0 Å². The van der Waals surface area contributed by atoms with Crippen LogP contribution in [0.1, 0.15) is 33.2 Å². The number of methoxy groups -OCH3 is 1. The summed E-state index contributed by atoms with van der Waals surface area (Å²) in [7, 11) is 1.28. The van der Waals surface area contributed by atoms with E-state index in [-0.39, 0.29) is 12.1 Å². The molecule has 2 heterocycles. The summed E-state index contributed by atoms with van der Waals surface area (Å²) in [6, 6.07) is 19.6. The lowest BCUT2D eigenvalue weighted by atomic mass is 10.0. The molecular formula is C27H21F2N3O3. The van der Waals surface area contributed by atoms with E-state index in [0.717, 1.165) is 17.3 Å². The number of nitrogens with zero attached hydrogens (tertiary/aromatic N) is 2. The smallest absolute Gasteiger partial charge is 0.337 e. The number of urea groups is 1. The van der Waals surface area contributed by atoms with E-state index in [4.69, 9.17) is 4.74 Å². The molecule has 1 aliphatic heterocycles. The van der Waals surface area contributed by atoms with Gasteiger partial charge < -0.3 is 19.5 Å². The first kappa shape index (κ1) is 22.3. The Balaban J connectivity index is 1.61. The van der Waals surface area contributed by atoms with Gasteiger partial charge >= 0.3 is 12.0 Å². The van der Waals surface area contributed by atoms with Crippen LogP contribution in [0.25, 0.3) is 5.69 Å². The second kappa shape index (κ2) is 9.06. The van der Waals surface area contributed by atoms with Crippen molar-refractivity contribution < 1.29 is 23.1 Å². The van der Waals surface area contributed by atoms with Crippen molar-refractivity contribution in [2.24, 2.45) is 0 Å². The summed E-state index contributed by atoms with van der Waals surface area (Å²) in [6.45, 7) is 0.184. The highest BCUT2D eigenvalue weighted by molar-refractivity contribution is 5.94. The Morgan fingerprint density at radius 1 is 0.943 bits per heavy atom. The van der Waals surface area contributed by atoms with Gasteiger partial charge in [-0.2, -0.15) is 0 Å². The molecule has 0 radical (unpaired) electrons. The number of rotatable bonds is 3. The molecule has 0 saturated heterocycles. The molecule has 0 unspecified atom stereocenters. The monoisotopic (exact) mass is 473 g/mol. The number of aromatic nitrogens is 1. The summed E-state index contributed by atoms with van der Waals surface area (Å²) in [5.41, 5.74) is 3.38. The minimum Gasteiger partial charge on any atom is -0.465 e. The minimum atomic E-state index is -0.786. The maximum Gasteiger partial charge on any atom is 0.337 e. The van der Waals surface area contributed by atoms with Crippen molar-refractivity contribution in [3.63, 3.8) is 0 Å². The van der Waals surface area contributed by atoms with E-state index >= 15 is 0 Å². The van der Waals surface area contributed by atoms with Crippen LogP contribution in [0.4, 0.5) is 19.3 Å². The number of amides is 2. The summed E-state index contributed by atoms with van der Waals surface area (Å²) < 4.78 is 35.2. The lowest BCUT2D eigenvalue weighted by Gasteiger charge is -2.31. The van der Waals surface area contributed by atoms with Gasteiger partial charge in [0.1, 0.15) is 11.6 Å². The second-order valence-electron chi connectivity index (χ2n) is 8.17. The number of carbonyl (C=O) groups is 2. The number of fused-ring (bicyclic) bond motifs is 3. The molecule has 0 bridgehead atoms. The quantitative estimate of drug-likeness (QED) is 0.390. The number of nitrogens with one attached hydrogen (secondary N) is 1. The summed E-state index contributed by atoms with van der Waals surface area (Å²) in [6.07, 6.45) is 1.86.